The number of ether oxygens (including phenoxy) is 1. The quantitative estimate of drug-likeness (QED) is 0.851. The first-order valence-corrected chi connectivity index (χ1v) is 8.53. The Hall–Kier alpha value is -1.72. The van der Waals surface area contributed by atoms with Gasteiger partial charge >= 0.3 is 0 Å². The summed E-state index contributed by atoms with van der Waals surface area (Å²) in [6, 6.07) is 10.1. The topological polar surface area (TPSA) is 42.4 Å². The normalized spacial score (nSPS) is 18.4. The SMILES string of the molecule is O=C(CCCc1nccs1)N1CCO[C@H](c2ccccc2)C1. The monoisotopic (exact) mass is 316 g/mol. The summed E-state index contributed by atoms with van der Waals surface area (Å²) >= 11 is 1.65. The van der Waals surface area contributed by atoms with Gasteiger partial charge in [0.2, 0.25) is 5.91 Å². The van der Waals surface area contributed by atoms with Gasteiger partial charge in [0.15, 0.2) is 0 Å². The molecular formula is C17H20N2O2S. The van der Waals surface area contributed by atoms with Crippen molar-refractivity contribution < 1.29 is 9.53 Å². The zero-order valence-electron chi connectivity index (χ0n) is 12.5. The molecule has 2 aromatic rings. The van der Waals surface area contributed by atoms with Crippen LogP contribution in [0.4, 0.5) is 0 Å². The zero-order valence-corrected chi connectivity index (χ0v) is 13.3. The van der Waals surface area contributed by atoms with Crippen molar-refractivity contribution in [2.45, 2.75) is 25.4 Å². The summed E-state index contributed by atoms with van der Waals surface area (Å²) in [5.74, 6) is 0.223. The number of hydrogen-bond donors (Lipinski definition) is 0. The van der Waals surface area contributed by atoms with Crippen molar-refractivity contribution >= 4 is 17.2 Å². The number of rotatable bonds is 5. The van der Waals surface area contributed by atoms with Gasteiger partial charge in [0.05, 0.1) is 18.2 Å². The van der Waals surface area contributed by atoms with E-state index in [1.165, 1.54) is 0 Å². The highest BCUT2D eigenvalue weighted by molar-refractivity contribution is 7.09. The summed E-state index contributed by atoms with van der Waals surface area (Å²) in [6.45, 7) is 1.96. The van der Waals surface area contributed by atoms with Crippen molar-refractivity contribution in [1.29, 1.82) is 0 Å². The number of aryl methyl sites for hydroxylation is 1. The highest BCUT2D eigenvalue weighted by atomic mass is 32.1. The number of carbonyl (C=O) groups is 1. The summed E-state index contributed by atoms with van der Waals surface area (Å²) in [5, 5.41) is 3.08. The van der Waals surface area contributed by atoms with Crippen molar-refractivity contribution in [2.75, 3.05) is 19.7 Å². The molecule has 1 aromatic heterocycles. The van der Waals surface area contributed by atoms with Gasteiger partial charge in [-0.15, -0.1) is 11.3 Å². The minimum absolute atomic E-state index is 0.00198. The van der Waals surface area contributed by atoms with Gasteiger partial charge in [-0.2, -0.15) is 0 Å². The largest absolute Gasteiger partial charge is 0.370 e. The van der Waals surface area contributed by atoms with Crippen LogP contribution in [-0.4, -0.2) is 35.5 Å². The van der Waals surface area contributed by atoms with E-state index in [0.29, 0.717) is 26.1 Å². The maximum atomic E-state index is 12.4. The lowest BCUT2D eigenvalue weighted by molar-refractivity contribution is -0.139. The molecule has 0 saturated carbocycles. The Morgan fingerprint density at radius 1 is 1.36 bits per heavy atom. The van der Waals surface area contributed by atoms with E-state index >= 15 is 0 Å². The minimum atomic E-state index is -0.00198. The Bertz CT molecular complexity index is 586. The highest BCUT2D eigenvalue weighted by Gasteiger charge is 2.24. The van der Waals surface area contributed by atoms with E-state index in [0.717, 1.165) is 23.4 Å². The van der Waals surface area contributed by atoms with Gasteiger partial charge in [0.1, 0.15) is 6.10 Å². The lowest BCUT2D eigenvalue weighted by Gasteiger charge is -2.33. The molecule has 22 heavy (non-hydrogen) atoms. The van der Waals surface area contributed by atoms with Gasteiger partial charge in [-0.3, -0.25) is 4.79 Å². The average molecular weight is 316 g/mol. The summed E-state index contributed by atoms with van der Waals surface area (Å²) in [4.78, 5) is 18.5. The molecule has 3 rings (SSSR count). The first-order valence-electron chi connectivity index (χ1n) is 7.65. The molecule has 0 unspecified atom stereocenters. The maximum Gasteiger partial charge on any atom is 0.222 e. The predicted molar refractivity (Wildman–Crippen MR) is 86.8 cm³/mol. The van der Waals surface area contributed by atoms with Crippen molar-refractivity contribution in [1.82, 2.24) is 9.88 Å². The van der Waals surface area contributed by atoms with E-state index in [2.05, 4.69) is 17.1 Å². The Morgan fingerprint density at radius 3 is 3.00 bits per heavy atom. The number of amides is 1. The molecule has 1 saturated heterocycles. The Morgan fingerprint density at radius 2 is 2.23 bits per heavy atom. The molecule has 0 spiro atoms. The fourth-order valence-electron chi connectivity index (χ4n) is 2.67. The highest BCUT2D eigenvalue weighted by Crippen LogP contribution is 2.22. The van der Waals surface area contributed by atoms with Crippen LogP contribution in [0, 0.1) is 0 Å². The Labute approximate surface area is 134 Å². The van der Waals surface area contributed by atoms with Crippen LogP contribution < -0.4 is 0 Å². The van der Waals surface area contributed by atoms with Crippen LogP contribution >= 0.6 is 11.3 Å². The van der Waals surface area contributed by atoms with Gasteiger partial charge in [0, 0.05) is 24.5 Å². The number of thiazole rings is 1. The Kier molecular flexibility index (Phi) is 5.19. The number of benzene rings is 1. The van der Waals surface area contributed by atoms with Crippen molar-refractivity contribution in [3.05, 3.63) is 52.5 Å². The van der Waals surface area contributed by atoms with E-state index < -0.39 is 0 Å². The van der Waals surface area contributed by atoms with Crippen LogP contribution in [0.2, 0.25) is 0 Å². The van der Waals surface area contributed by atoms with E-state index in [1.807, 2.05) is 34.7 Å². The molecule has 0 radical (unpaired) electrons. The maximum absolute atomic E-state index is 12.4. The molecule has 5 heteroatoms. The summed E-state index contributed by atoms with van der Waals surface area (Å²) in [6.07, 6.45) is 4.14. The van der Waals surface area contributed by atoms with Gasteiger partial charge in [-0.25, -0.2) is 4.98 Å². The van der Waals surface area contributed by atoms with E-state index in [-0.39, 0.29) is 12.0 Å². The van der Waals surface area contributed by atoms with Crippen LogP contribution in [0.3, 0.4) is 0 Å². The van der Waals surface area contributed by atoms with Crippen LogP contribution in [-0.2, 0) is 16.0 Å². The fraction of sp³-hybridized carbons (Fsp3) is 0.412. The van der Waals surface area contributed by atoms with Gasteiger partial charge in [-0.05, 0) is 18.4 Å². The van der Waals surface area contributed by atoms with E-state index in [1.54, 1.807) is 11.3 Å². The van der Waals surface area contributed by atoms with Crippen LogP contribution in [0.1, 0.15) is 29.5 Å². The molecule has 1 atom stereocenters. The zero-order chi connectivity index (χ0) is 15.2. The first kappa shape index (κ1) is 15.2. The molecule has 0 bridgehead atoms. The third-order valence-corrected chi connectivity index (χ3v) is 4.69. The summed E-state index contributed by atoms with van der Waals surface area (Å²) < 4.78 is 5.81. The van der Waals surface area contributed by atoms with Crippen molar-refractivity contribution in [3.8, 4) is 0 Å². The van der Waals surface area contributed by atoms with Crippen LogP contribution in [0.5, 0.6) is 0 Å². The predicted octanol–water partition coefficient (Wildman–Crippen LogP) is 3.07. The number of carbonyl (C=O) groups excluding carboxylic acids is 1. The molecule has 4 nitrogen and oxygen atoms in total. The van der Waals surface area contributed by atoms with Crippen molar-refractivity contribution in [3.63, 3.8) is 0 Å². The molecule has 1 aliphatic rings. The summed E-state index contributed by atoms with van der Waals surface area (Å²) in [5.41, 5.74) is 1.14. The second-order valence-electron chi connectivity index (χ2n) is 5.39. The molecule has 1 fully saturated rings. The number of hydrogen-bond acceptors (Lipinski definition) is 4. The third kappa shape index (κ3) is 3.93. The average Bonchev–Trinajstić information content (AvgIpc) is 3.09. The van der Waals surface area contributed by atoms with Gasteiger partial charge in [0.25, 0.3) is 0 Å². The molecular weight excluding hydrogens is 296 g/mol. The molecule has 116 valence electrons. The Balaban J connectivity index is 1.49. The molecule has 2 heterocycles. The second-order valence-corrected chi connectivity index (χ2v) is 6.37. The van der Waals surface area contributed by atoms with Crippen LogP contribution in [0.15, 0.2) is 41.9 Å². The van der Waals surface area contributed by atoms with E-state index in [9.17, 15) is 4.79 Å². The standard InChI is InChI=1S/C17H20N2O2S/c20-17(8-4-7-16-18-9-12-22-16)19-10-11-21-15(13-19)14-5-2-1-3-6-14/h1-3,5-6,9,12,15H,4,7-8,10-11,13H2/t15-/m0/s1. The molecule has 1 aromatic carbocycles. The van der Waals surface area contributed by atoms with Gasteiger partial charge < -0.3 is 9.64 Å². The fourth-order valence-corrected chi connectivity index (χ4v) is 3.33. The first-order chi connectivity index (χ1) is 10.8. The molecule has 0 N–H and O–H groups in total. The molecule has 0 aliphatic carbocycles. The summed E-state index contributed by atoms with van der Waals surface area (Å²) in [7, 11) is 0. The van der Waals surface area contributed by atoms with E-state index in [4.69, 9.17) is 4.74 Å². The lowest BCUT2D eigenvalue weighted by atomic mass is 10.1. The number of morpholine rings is 1. The lowest BCUT2D eigenvalue weighted by Crippen LogP contribution is -2.42. The van der Waals surface area contributed by atoms with Gasteiger partial charge in [-0.1, -0.05) is 30.3 Å². The smallest absolute Gasteiger partial charge is 0.222 e. The number of aromatic nitrogens is 1. The minimum Gasteiger partial charge on any atom is -0.370 e. The van der Waals surface area contributed by atoms with Crippen LogP contribution in [0.25, 0.3) is 0 Å². The molecule has 1 amide bonds. The van der Waals surface area contributed by atoms with Crippen molar-refractivity contribution in [2.24, 2.45) is 0 Å². The second kappa shape index (κ2) is 7.51. The molecule has 1 aliphatic heterocycles. The number of nitrogens with zero attached hydrogens (tertiary/aromatic N) is 2. The third-order valence-electron chi connectivity index (χ3n) is 3.86.